The third kappa shape index (κ3) is 17.4. The zero-order valence-electron chi connectivity index (χ0n) is 47.1. The van der Waals surface area contributed by atoms with Crippen LogP contribution in [-0.2, 0) is 41.6 Å². The second-order valence-corrected chi connectivity index (χ2v) is 23.2. The minimum atomic E-state index is -0.777. The number of carbonyl (C=O) groups is 8. The number of Topliss-reactive ketones (excluding diaryl/α,β-unsaturated/α-hetero) is 2. The van der Waals surface area contributed by atoms with E-state index in [1.165, 1.54) is 6.07 Å². The van der Waals surface area contributed by atoms with Gasteiger partial charge in [-0.1, -0.05) is 134 Å². The number of benzene rings is 3. The molecule has 0 bridgehead atoms. The van der Waals surface area contributed by atoms with Gasteiger partial charge in [-0.25, -0.2) is 0 Å². The van der Waals surface area contributed by atoms with Crippen molar-refractivity contribution in [2.75, 3.05) is 46.3 Å². The predicted octanol–water partition coefficient (Wildman–Crippen LogP) is 7.45. The first-order valence-corrected chi connectivity index (χ1v) is 27.7. The Kier molecular flexibility index (Phi) is 22.5. The van der Waals surface area contributed by atoms with Gasteiger partial charge in [-0.2, -0.15) is 0 Å². The molecule has 6 amide bonds. The van der Waals surface area contributed by atoms with Crippen molar-refractivity contribution >= 4 is 47.0 Å². The molecular formula is C61H87N7O8. The summed E-state index contributed by atoms with van der Waals surface area (Å²) < 4.78 is 0. The van der Waals surface area contributed by atoms with Crippen LogP contribution in [0.4, 0.5) is 0 Å². The smallest absolute Gasteiger partial charge is 0.246 e. The Bertz CT molecular complexity index is 2290. The number of nitrogens with zero attached hydrogens (tertiary/aromatic N) is 4. The van der Waals surface area contributed by atoms with E-state index in [1.807, 2.05) is 121 Å². The van der Waals surface area contributed by atoms with Gasteiger partial charge in [0, 0.05) is 94.1 Å². The molecule has 2 aliphatic rings. The molecule has 5 rings (SSSR count). The molecule has 414 valence electrons. The first kappa shape index (κ1) is 60.6. The summed E-state index contributed by atoms with van der Waals surface area (Å²) in [4.78, 5) is 118. The molecule has 3 N–H and O–H groups in total. The molecule has 0 spiro atoms. The highest BCUT2D eigenvalue weighted by Crippen LogP contribution is 2.29. The molecule has 3 aromatic rings. The molecule has 0 aromatic heterocycles. The Balaban J connectivity index is 1.25. The molecule has 3 aromatic carbocycles. The zero-order chi connectivity index (χ0) is 55.7. The molecule has 6 atom stereocenters. The van der Waals surface area contributed by atoms with Gasteiger partial charge in [-0.05, 0) is 86.9 Å². The number of carbonyl (C=O) groups excluding carboxylic acids is 8. The van der Waals surface area contributed by atoms with Gasteiger partial charge in [-0.15, -0.1) is 0 Å². The van der Waals surface area contributed by atoms with Crippen LogP contribution in [0.3, 0.4) is 0 Å². The molecule has 0 unspecified atom stereocenters. The van der Waals surface area contributed by atoms with Gasteiger partial charge in [0.05, 0.1) is 6.04 Å². The second-order valence-electron chi connectivity index (χ2n) is 23.2. The SMILES string of the molecule is CC[C@@H](C)C(=O)N[C@H](C(=O)N1CCC[C@H]1CN(CCc1ccccc1)C(=O)CCC(=O)c1cccc(C(=O)CCC(=O)N(CCc2ccccc2)C[C@@H]2CCCN2C(=O)[C@@H](NC(=O)[C@H](C)NC)C(C)(C)C)c1)C(C)(C)C. The monoisotopic (exact) mass is 1050 g/mol. The summed E-state index contributed by atoms with van der Waals surface area (Å²) in [6, 6.07) is 23.6. The molecule has 15 nitrogen and oxygen atoms in total. The fraction of sp³-hybridized carbons (Fsp3) is 0.574. The van der Waals surface area contributed by atoms with Crippen molar-refractivity contribution in [3.63, 3.8) is 0 Å². The third-order valence-electron chi connectivity index (χ3n) is 15.2. The molecule has 15 heteroatoms. The number of hydrogen-bond donors (Lipinski definition) is 3. The van der Waals surface area contributed by atoms with Crippen LogP contribution in [0.1, 0.15) is 152 Å². The lowest BCUT2D eigenvalue weighted by atomic mass is 9.85. The van der Waals surface area contributed by atoms with Crippen LogP contribution >= 0.6 is 0 Å². The quantitative estimate of drug-likeness (QED) is 0.0687. The Labute approximate surface area is 452 Å². The van der Waals surface area contributed by atoms with Crippen molar-refractivity contribution in [1.29, 1.82) is 0 Å². The summed E-state index contributed by atoms with van der Waals surface area (Å²) in [5.74, 6) is -2.04. The minimum absolute atomic E-state index is 0.0690. The van der Waals surface area contributed by atoms with Crippen LogP contribution in [0.15, 0.2) is 84.9 Å². The number of nitrogens with one attached hydrogen (secondary N) is 3. The third-order valence-corrected chi connectivity index (χ3v) is 15.2. The van der Waals surface area contributed by atoms with Crippen LogP contribution in [-0.4, -0.2) is 143 Å². The van der Waals surface area contributed by atoms with E-state index in [2.05, 4.69) is 16.0 Å². The molecule has 2 aliphatic heterocycles. The molecular weight excluding hydrogens is 959 g/mol. The van der Waals surface area contributed by atoms with Gasteiger partial charge in [0.1, 0.15) is 12.1 Å². The van der Waals surface area contributed by atoms with E-state index < -0.39 is 29.0 Å². The standard InChI is InChI=1S/C61H87N7O8/c1-11-42(2)56(73)63-54(60(4,5)6)58(75)67-35-19-27-48(67)40-65(37-33-44-21-14-12-15-22-44)52(71)31-29-50(69)46-25-18-26-47(39-46)51(70)30-32-53(72)66(38-34-45-23-16-13-17-24-45)41-49-28-20-36-68(49)59(76)55(61(7,8)9)64-57(74)43(3)62-10/h12-18,21-26,39,42-43,48-49,54-55,62H,11,19-20,27-38,40-41H2,1-10H3,(H,63,73)(H,64,74)/t42-,43+,48+,49+,54-,55-/m1/s1. The largest absolute Gasteiger partial charge is 0.344 e. The topological polar surface area (TPSA) is 186 Å². The number of likely N-dealkylation sites (tertiary alicyclic amines) is 2. The molecule has 2 heterocycles. The first-order chi connectivity index (χ1) is 36.0. The van der Waals surface area contributed by atoms with Crippen molar-refractivity contribution in [2.24, 2.45) is 16.7 Å². The lowest BCUT2D eigenvalue weighted by Gasteiger charge is -2.37. The predicted molar refractivity (Wildman–Crippen MR) is 297 cm³/mol. The molecule has 2 fully saturated rings. The van der Waals surface area contributed by atoms with E-state index >= 15 is 0 Å². The maximum atomic E-state index is 14.3. The average molecular weight is 1050 g/mol. The molecule has 2 saturated heterocycles. The first-order valence-electron chi connectivity index (χ1n) is 27.7. The van der Waals surface area contributed by atoms with Gasteiger partial charge in [0.15, 0.2) is 11.6 Å². The van der Waals surface area contributed by atoms with Gasteiger partial charge >= 0.3 is 0 Å². The van der Waals surface area contributed by atoms with Gasteiger partial charge in [-0.3, -0.25) is 38.4 Å². The van der Waals surface area contributed by atoms with E-state index in [0.29, 0.717) is 76.0 Å². The van der Waals surface area contributed by atoms with Crippen LogP contribution in [0, 0.1) is 16.7 Å². The fourth-order valence-corrected chi connectivity index (χ4v) is 10.0. The fourth-order valence-electron chi connectivity index (χ4n) is 10.0. The Morgan fingerprint density at radius 2 is 0.987 bits per heavy atom. The number of likely N-dealkylation sites (N-methyl/N-ethyl adjacent to an activating group) is 1. The van der Waals surface area contributed by atoms with Crippen LogP contribution < -0.4 is 16.0 Å². The van der Waals surface area contributed by atoms with Crippen molar-refractivity contribution < 1.29 is 38.4 Å². The highest BCUT2D eigenvalue weighted by molar-refractivity contribution is 6.03. The summed E-state index contributed by atoms with van der Waals surface area (Å²) in [5.41, 5.74) is 1.57. The van der Waals surface area contributed by atoms with Gasteiger partial charge < -0.3 is 35.6 Å². The van der Waals surface area contributed by atoms with Crippen LogP contribution in [0.2, 0.25) is 0 Å². The maximum absolute atomic E-state index is 14.3. The molecule has 76 heavy (non-hydrogen) atoms. The van der Waals surface area contributed by atoms with E-state index in [4.69, 9.17) is 0 Å². The molecule has 0 radical (unpaired) electrons. The van der Waals surface area contributed by atoms with Gasteiger partial charge in [0.25, 0.3) is 0 Å². The number of ketones is 2. The van der Waals surface area contributed by atoms with Crippen LogP contribution in [0.5, 0.6) is 0 Å². The van der Waals surface area contributed by atoms with Gasteiger partial charge in [0.2, 0.25) is 35.4 Å². The highest BCUT2D eigenvalue weighted by atomic mass is 16.2. The van der Waals surface area contributed by atoms with Crippen molar-refractivity contribution in [3.05, 3.63) is 107 Å². The minimum Gasteiger partial charge on any atom is -0.344 e. The average Bonchev–Trinajstić information content (AvgIpc) is 4.09. The lowest BCUT2D eigenvalue weighted by Crippen LogP contribution is -2.59. The normalized spacial score (nSPS) is 17.3. The number of hydrogen-bond acceptors (Lipinski definition) is 9. The highest BCUT2D eigenvalue weighted by Gasteiger charge is 2.42. The van der Waals surface area contributed by atoms with E-state index in [1.54, 1.807) is 46.9 Å². The number of rotatable bonds is 26. The maximum Gasteiger partial charge on any atom is 0.246 e. The summed E-state index contributed by atoms with van der Waals surface area (Å²) >= 11 is 0. The van der Waals surface area contributed by atoms with E-state index in [-0.39, 0.29) is 97.2 Å². The Morgan fingerprint density at radius 1 is 0.579 bits per heavy atom. The summed E-state index contributed by atoms with van der Waals surface area (Å²) in [6.45, 7) is 19.5. The van der Waals surface area contributed by atoms with E-state index in [9.17, 15) is 38.4 Å². The Morgan fingerprint density at radius 3 is 1.37 bits per heavy atom. The lowest BCUT2D eigenvalue weighted by molar-refractivity contribution is -0.142. The second kappa shape index (κ2) is 28.2. The zero-order valence-corrected chi connectivity index (χ0v) is 47.1. The summed E-state index contributed by atoms with van der Waals surface area (Å²) in [7, 11) is 1.69. The molecule has 0 aliphatic carbocycles. The van der Waals surface area contributed by atoms with E-state index in [0.717, 1.165) is 24.0 Å². The molecule has 0 saturated carbocycles. The van der Waals surface area contributed by atoms with Crippen molar-refractivity contribution in [1.82, 2.24) is 35.6 Å². The number of amides is 6. The van der Waals surface area contributed by atoms with Crippen molar-refractivity contribution in [2.45, 2.75) is 163 Å². The summed E-state index contributed by atoms with van der Waals surface area (Å²) in [6.07, 6.45) is 4.40. The van der Waals surface area contributed by atoms with Crippen LogP contribution in [0.25, 0.3) is 0 Å². The Hall–Kier alpha value is -6.22. The summed E-state index contributed by atoms with van der Waals surface area (Å²) in [5, 5.41) is 8.95. The van der Waals surface area contributed by atoms with Crippen molar-refractivity contribution in [3.8, 4) is 0 Å².